The van der Waals surface area contributed by atoms with Crippen molar-refractivity contribution in [2.24, 2.45) is 0 Å². The van der Waals surface area contributed by atoms with Gasteiger partial charge in [0.25, 0.3) is 0 Å². The summed E-state index contributed by atoms with van der Waals surface area (Å²) in [5.74, 6) is 0. The molecule has 0 heterocycles. The number of hydrogen-bond donors (Lipinski definition) is 0. The van der Waals surface area contributed by atoms with E-state index in [-0.39, 0.29) is 0 Å². The Hall–Kier alpha value is -0.780. The molecule has 47 heavy (non-hydrogen) atoms. The first-order valence-corrected chi connectivity index (χ1v) is 22.2. The highest BCUT2D eigenvalue weighted by atomic mass is 14.1. The predicted molar refractivity (Wildman–Crippen MR) is 216 cm³/mol. The minimum atomic E-state index is 1.03. The van der Waals surface area contributed by atoms with Crippen molar-refractivity contribution in [3.8, 4) is 0 Å². The van der Waals surface area contributed by atoms with E-state index in [4.69, 9.17) is 0 Å². The van der Waals surface area contributed by atoms with Crippen LogP contribution in [0.3, 0.4) is 0 Å². The highest BCUT2D eigenvalue weighted by molar-refractivity contribution is 5.36. The summed E-state index contributed by atoms with van der Waals surface area (Å²) in [4.78, 5) is 0. The molecule has 0 nitrogen and oxygen atoms in total. The molecule has 0 fully saturated rings. The molecule has 0 bridgehead atoms. The third-order valence-corrected chi connectivity index (χ3v) is 10.9. The summed E-state index contributed by atoms with van der Waals surface area (Å²) in [6.07, 6.45) is 54.0. The van der Waals surface area contributed by atoms with Crippen LogP contribution < -0.4 is 0 Å². The van der Waals surface area contributed by atoms with Crippen LogP contribution in [0.5, 0.6) is 0 Å². The summed E-state index contributed by atoms with van der Waals surface area (Å²) < 4.78 is 0. The van der Waals surface area contributed by atoms with E-state index in [2.05, 4.69) is 39.0 Å². The minimum Gasteiger partial charge on any atom is -0.0654 e. The van der Waals surface area contributed by atoms with Crippen LogP contribution in [0.2, 0.25) is 0 Å². The van der Waals surface area contributed by atoms with Gasteiger partial charge in [-0.25, -0.2) is 0 Å². The molecular formula is C47H87. The zero-order chi connectivity index (χ0) is 33.7. The highest BCUT2D eigenvalue weighted by Crippen LogP contribution is 2.23. The van der Waals surface area contributed by atoms with Gasteiger partial charge < -0.3 is 0 Å². The molecule has 0 unspecified atom stereocenters. The fourth-order valence-corrected chi connectivity index (χ4v) is 7.73. The topological polar surface area (TPSA) is 0 Å². The Morgan fingerprint density at radius 3 is 0.787 bits per heavy atom. The quantitative estimate of drug-likeness (QED) is 0.0624. The normalized spacial score (nSPS) is 11.6. The van der Waals surface area contributed by atoms with Crippen molar-refractivity contribution in [3.05, 3.63) is 41.8 Å². The van der Waals surface area contributed by atoms with Crippen molar-refractivity contribution in [3.63, 3.8) is 0 Å². The summed E-state index contributed by atoms with van der Waals surface area (Å²) in [5, 5.41) is 0. The zero-order valence-corrected chi connectivity index (χ0v) is 32.8. The second-order valence-corrected chi connectivity index (χ2v) is 15.5. The molecule has 0 spiro atoms. The molecule has 1 rings (SSSR count). The molecule has 0 aliphatic rings. The van der Waals surface area contributed by atoms with E-state index in [0.29, 0.717) is 0 Å². The van der Waals surface area contributed by atoms with Crippen LogP contribution in [0.4, 0.5) is 0 Å². The van der Waals surface area contributed by atoms with Crippen LogP contribution >= 0.6 is 0 Å². The molecule has 1 aromatic rings. The van der Waals surface area contributed by atoms with Gasteiger partial charge in [-0.1, -0.05) is 244 Å². The van der Waals surface area contributed by atoms with Gasteiger partial charge >= 0.3 is 0 Å². The summed E-state index contributed by atoms with van der Waals surface area (Å²) in [6, 6.07) is 7.20. The molecule has 0 N–H and O–H groups in total. The molecule has 0 aromatic heterocycles. The number of rotatable bonds is 38. The molecule has 0 aliphatic heterocycles. The van der Waals surface area contributed by atoms with Gasteiger partial charge in [0, 0.05) is 0 Å². The second kappa shape index (κ2) is 36.5. The van der Waals surface area contributed by atoms with Crippen molar-refractivity contribution >= 4 is 0 Å². The van der Waals surface area contributed by atoms with Crippen molar-refractivity contribution in [1.82, 2.24) is 0 Å². The molecule has 1 radical (unpaired) electrons. The number of unbranched alkanes of at least 4 members (excludes halogenated alkanes) is 32. The van der Waals surface area contributed by atoms with Crippen molar-refractivity contribution in [1.29, 1.82) is 0 Å². The summed E-state index contributed by atoms with van der Waals surface area (Å²) in [5.41, 5.74) is 4.94. The lowest BCUT2D eigenvalue weighted by Crippen LogP contribution is -2.01. The van der Waals surface area contributed by atoms with Gasteiger partial charge in [-0.15, -0.1) is 0 Å². The lowest BCUT2D eigenvalue weighted by molar-refractivity contribution is 0.526. The maximum Gasteiger partial charge on any atom is -0.0273 e. The van der Waals surface area contributed by atoms with Gasteiger partial charge in [-0.05, 0) is 55.2 Å². The summed E-state index contributed by atoms with van der Waals surface area (Å²) in [7, 11) is 0. The smallest absolute Gasteiger partial charge is 0.0273 e. The van der Waals surface area contributed by atoms with Crippen molar-refractivity contribution in [2.75, 3.05) is 0 Å². The maximum absolute atomic E-state index is 4.23. The van der Waals surface area contributed by atoms with E-state index in [1.165, 1.54) is 238 Å². The van der Waals surface area contributed by atoms with Gasteiger partial charge in [-0.3, -0.25) is 0 Å². The molecule has 0 saturated carbocycles. The Morgan fingerprint density at radius 1 is 0.319 bits per heavy atom. The Morgan fingerprint density at radius 2 is 0.553 bits per heavy atom. The number of hydrogen-bond acceptors (Lipinski definition) is 0. The monoisotopic (exact) mass is 652 g/mol. The summed E-state index contributed by atoms with van der Waals surface area (Å²) in [6.45, 7) is 8.85. The average molecular weight is 652 g/mol. The molecule has 1 aromatic carbocycles. The van der Waals surface area contributed by atoms with Crippen LogP contribution in [0.1, 0.15) is 255 Å². The SMILES string of the molecule is [CH2]CCc1c(CCCCCCCCCCCCCCCCCCC)cccc1CCCCCCCCCCCCCCCCCCC. The first-order chi connectivity index (χ1) is 23.3. The first-order valence-electron chi connectivity index (χ1n) is 22.2. The number of aryl methyl sites for hydroxylation is 2. The molecular weight excluding hydrogens is 565 g/mol. The van der Waals surface area contributed by atoms with Gasteiger partial charge in [0.05, 0.1) is 0 Å². The first kappa shape index (κ1) is 44.2. The van der Waals surface area contributed by atoms with Crippen LogP contribution in [0, 0.1) is 6.92 Å². The summed E-state index contributed by atoms with van der Waals surface area (Å²) >= 11 is 0. The van der Waals surface area contributed by atoms with E-state index in [1.54, 1.807) is 16.7 Å². The van der Waals surface area contributed by atoms with E-state index < -0.39 is 0 Å². The van der Waals surface area contributed by atoms with Gasteiger partial charge in [0.15, 0.2) is 0 Å². The number of benzene rings is 1. The Balaban J connectivity index is 2.01. The zero-order valence-electron chi connectivity index (χ0n) is 32.8. The van der Waals surface area contributed by atoms with Crippen LogP contribution in [0.15, 0.2) is 18.2 Å². The van der Waals surface area contributed by atoms with E-state index in [0.717, 1.165) is 6.42 Å². The molecule has 0 atom stereocenters. The second-order valence-electron chi connectivity index (χ2n) is 15.5. The van der Waals surface area contributed by atoms with Gasteiger partial charge in [0.2, 0.25) is 0 Å². The lowest BCUT2D eigenvalue weighted by atomic mass is 9.91. The molecule has 0 heteroatoms. The van der Waals surface area contributed by atoms with Crippen molar-refractivity contribution < 1.29 is 0 Å². The predicted octanol–water partition coefficient (Wildman–Crippen LogP) is 16.8. The Kier molecular flexibility index (Phi) is 34.4. The Bertz CT molecular complexity index is 675. The van der Waals surface area contributed by atoms with Crippen LogP contribution in [0.25, 0.3) is 0 Å². The van der Waals surface area contributed by atoms with Crippen molar-refractivity contribution in [2.45, 2.75) is 258 Å². The molecule has 0 aliphatic carbocycles. The third-order valence-electron chi connectivity index (χ3n) is 10.9. The fraction of sp³-hybridized carbons (Fsp3) is 0.851. The average Bonchev–Trinajstić information content (AvgIpc) is 3.08. The van der Waals surface area contributed by atoms with E-state index >= 15 is 0 Å². The standard InChI is InChI=1S/C47H87/c1-4-7-9-11-13-15-17-19-21-23-25-27-29-31-33-35-37-41-45-43-39-44-46(47(45)40-6-3)42-38-36-34-32-30-28-26-24-22-20-18-16-14-12-10-8-5-2/h39,43-44H,3-38,40-42H2,1-2H3. The Labute approximate surface area is 298 Å². The van der Waals surface area contributed by atoms with Crippen LogP contribution in [-0.4, -0.2) is 0 Å². The fourth-order valence-electron chi connectivity index (χ4n) is 7.73. The van der Waals surface area contributed by atoms with Gasteiger partial charge in [0.1, 0.15) is 0 Å². The largest absolute Gasteiger partial charge is 0.0654 e. The van der Waals surface area contributed by atoms with E-state index in [9.17, 15) is 0 Å². The lowest BCUT2D eigenvalue weighted by Gasteiger charge is -2.15. The van der Waals surface area contributed by atoms with E-state index in [1.807, 2.05) is 0 Å². The molecule has 0 saturated heterocycles. The highest BCUT2D eigenvalue weighted by Gasteiger charge is 2.08. The van der Waals surface area contributed by atoms with Gasteiger partial charge in [-0.2, -0.15) is 0 Å². The van der Waals surface area contributed by atoms with Crippen LogP contribution in [-0.2, 0) is 19.3 Å². The molecule has 275 valence electrons. The molecule has 0 amide bonds. The minimum absolute atomic E-state index is 1.03. The maximum atomic E-state index is 4.23. The third kappa shape index (κ3) is 28.7.